The van der Waals surface area contributed by atoms with Crippen LogP contribution in [0.3, 0.4) is 0 Å². The van der Waals surface area contributed by atoms with Crippen molar-refractivity contribution in [1.82, 2.24) is 14.9 Å². The van der Waals surface area contributed by atoms with Crippen LogP contribution in [0.25, 0.3) is 10.9 Å². The number of carbonyl (C=O) groups excluding carboxylic acids is 1. The number of alkyl carbamates (subject to hydrolysis) is 1. The first-order valence-electron chi connectivity index (χ1n) is 7.81. The Labute approximate surface area is 132 Å². The quantitative estimate of drug-likeness (QED) is 0.901. The summed E-state index contributed by atoms with van der Waals surface area (Å²) in [6.45, 7) is -0.218. The van der Waals surface area contributed by atoms with E-state index in [1.54, 1.807) is 24.3 Å². The molecule has 1 aliphatic rings. The number of aromatic amines is 1. The standard InChI is InChI=1S/C16H19N3O4/c20-14-12-8-4-5-9-13(12)18-15(21)19(14)10-17-16(22)23-11-6-2-1-3-7-11/h4-5,8-9,11H,1-3,6-7,10H2,(H,17,22)(H,18,21). The summed E-state index contributed by atoms with van der Waals surface area (Å²) in [4.78, 5) is 38.7. The summed E-state index contributed by atoms with van der Waals surface area (Å²) in [5, 5.41) is 2.87. The van der Waals surface area contributed by atoms with E-state index >= 15 is 0 Å². The Morgan fingerprint density at radius 2 is 1.96 bits per heavy atom. The maximum Gasteiger partial charge on any atom is 0.408 e. The highest BCUT2D eigenvalue weighted by atomic mass is 16.6. The van der Waals surface area contributed by atoms with Gasteiger partial charge in [-0.1, -0.05) is 18.6 Å². The molecule has 23 heavy (non-hydrogen) atoms. The maximum atomic E-state index is 12.3. The molecular weight excluding hydrogens is 298 g/mol. The van der Waals surface area contributed by atoms with E-state index in [0.29, 0.717) is 10.9 Å². The molecule has 1 saturated carbocycles. The molecule has 1 heterocycles. The van der Waals surface area contributed by atoms with E-state index in [4.69, 9.17) is 4.74 Å². The predicted octanol–water partition coefficient (Wildman–Crippen LogP) is 1.71. The van der Waals surface area contributed by atoms with Crippen molar-refractivity contribution in [1.29, 1.82) is 0 Å². The Kier molecular flexibility index (Phi) is 4.45. The van der Waals surface area contributed by atoms with Gasteiger partial charge in [-0.2, -0.15) is 0 Å². The lowest BCUT2D eigenvalue weighted by molar-refractivity contribution is 0.0735. The van der Waals surface area contributed by atoms with Crippen LogP contribution in [0.15, 0.2) is 33.9 Å². The van der Waals surface area contributed by atoms with Crippen LogP contribution in [-0.2, 0) is 11.4 Å². The fourth-order valence-corrected chi connectivity index (χ4v) is 2.86. The third-order valence-corrected chi connectivity index (χ3v) is 4.10. The lowest BCUT2D eigenvalue weighted by atomic mass is 9.98. The van der Waals surface area contributed by atoms with E-state index in [-0.39, 0.29) is 12.8 Å². The molecule has 0 aliphatic heterocycles. The zero-order valence-corrected chi connectivity index (χ0v) is 12.7. The summed E-state index contributed by atoms with van der Waals surface area (Å²) in [6.07, 6.45) is 4.34. The van der Waals surface area contributed by atoms with Crippen molar-refractivity contribution in [3.63, 3.8) is 0 Å². The van der Waals surface area contributed by atoms with Gasteiger partial charge in [-0.25, -0.2) is 14.2 Å². The minimum absolute atomic E-state index is 0.0737. The molecular formula is C16H19N3O4. The van der Waals surface area contributed by atoms with Crippen LogP contribution in [0.2, 0.25) is 0 Å². The van der Waals surface area contributed by atoms with Crippen molar-refractivity contribution in [2.45, 2.75) is 44.9 Å². The van der Waals surface area contributed by atoms with Gasteiger partial charge in [-0.05, 0) is 37.8 Å². The third kappa shape index (κ3) is 3.44. The summed E-state index contributed by atoms with van der Waals surface area (Å²) in [5.74, 6) is 0. The zero-order valence-electron chi connectivity index (χ0n) is 12.7. The molecule has 1 amide bonds. The number of benzene rings is 1. The molecule has 1 aromatic carbocycles. The lowest BCUT2D eigenvalue weighted by Crippen LogP contribution is -2.41. The number of nitrogens with one attached hydrogen (secondary N) is 2. The van der Waals surface area contributed by atoms with E-state index < -0.39 is 17.3 Å². The Morgan fingerprint density at radius 1 is 1.22 bits per heavy atom. The number of hydrogen-bond acceptors (Lipinski definition) is 4. The molecule has 3 rings (SSSR count). The van der Waals surface area contributed by atoms with E-state index in [0.717, 1.165) is 30.3 Å². The van der Waals surface area contributed by atoms with Gasteiger partial charge in [0.1, 0.15) is 12.8 Å². The summed E-state index contributed by atoms with van der Waals surface area (Å²) in [6, 6.07) is 6.75. The van der Waals surface area contributed by atoms with Crippen molar-refractivity contribution in [2.75, 3.05) is 0 Å². The maximum absolute atomic E-state index is 12.3. The molecule has 1 aliphatic carbocycles. The van der Waals surface area contributed by atoms with Gasteiger partial charge in [0, 0.05) is 0 Å². The van der Waals surface area contributed by atoms with Gasteiger partial charge in [0.05, 0.1) is 10.9 Å². The molecule has 0 spiro atoms. The number of H-pyrrole nitrogens is 1. The third-order valence-electron chi connectivity index (χ3n) is 4.10. The van der Waals surface area contributed by atoms with Gasteiger partial charge in [-0.15, -0.1) is 0 Å². The largest absolute Gasteiger partial charge is 0.446 e. The number of fused-ring (bicyclic) bond motifs is 1. The fourth-order valence-electron chi connectivity index (χ4n) is 2.86. The summed E-state index contributed by atoms with van der Waals surface area (Å²) in [5.41, 5.74) is -0.530. The number of amides is 1. The van der Waals surface area contributed by atoms with Crippen molar-refractivity contribution in [2.24, 2.45) is 0 Å². The summed E-state index contributed by atoms with van der Waals surface area (Å²) < 4.78 is 6.25. The molecule has 7 nitrogen and oxygen atoms in total. The van der Waals surface area contributed by atoms with E-state index in [9.17, 15) is 14.4 Å². The predicted molar refractivity (Wildman–Crippen MR) is 85.3 cm³/mol. The van der Waals surface area contributed by atoms with E-state index in [2.05, 4.69) is 10.3 Å². The molecule has 0 unspecified atom stereocenters. The monoisotopic (exact) mass is 317 g/mol. The molecule has 0 saturated heterocycles. The zero-order chi connectivity index (χ0) is 16.2. The van der Waals surface area contributed by atoms with Crippen molar-refractivity contribution < 1.29 is 9.53 Å². The topological polar surface area (TPSA) is 93.2 Å². The molecule has 7 heteroatoms. The molecule has 0 bridgehead atoms. The van der Waals surface area contributed by atoms with Crippen LogP contribution in [0.5, 0.6) is 0 Å². The highest BCUT2D eigenvalue weighted by Gasteiger charge is 2.17. The number of ether oxygens (including phenoxy) is 1. The molecule has 0 radical (unpaired) electrons. The Hall–Kier alpha value is -2.57. The second-order valence-corrected chi connectivity index (χ2v) is 5.71. The molecule has 2 aromatic rings. The average molecular weight is 317 g/mol. The van der Waals surface area contributed by atoms with Crippen molar-refractivity contribution in [3.05, 3.63) is 45.1 Å². The number of rotatable bonds is 3. The Bertz CT molecular complexity index is 818. The normalized spacial score (nSPS) is 15.5. The van der Waals surface area contributed by atoms with E-state index in [1.807, 2.05) is 0 Å². The molecule has 1 fully saturated rings. The van der Waals surface area contributed by atoms with Gasteiger partial charge >= 0.3 is 11.8 Å². The first-order valence-corrected chi connectivity index (χ1v) is 7.81. The minimum atomic E-state index is -0.601. The number of aromatic nitrogens is 2. The fraction of sp³-hybridized carbons (Fsp3) is 0.438. The van der Waals surface area contributed by atoms with Gasteiger partial charge in [0.25, 0.3) is 5.56 Å². The van der Waals surface area contributed by atoms with Gasteiger partial charge < -0.3 is 15.0 Å². The van der Waals surface area contributed by atoms with Crippen LogP contribution in [0.1, 0.15) is 32.1 Å². The smallest absolute Gasteiger partial charge is 0.408 e. The highest BCUT2D eigenvalue weighted by Crippen LogP contribution is 2.20. The average Bonchev–Trinajstić information content (AvgIpc) is 2.55. The van der Waals surface area contributed by atoms with Crippen molar-refractivity contribution in [3.8, 4) is 0 Å². The summed E-state index contributed by atoms with van der Waals surface area (Å²) >= 11 is 0. The number of hydrogen-bond donors (Lipinski definition) is 2. The van der Waals surface area contributed by atoms with Gasteiger partial charge in [0.15, 0.2) is 0 Å². The lowest BCUT2D eigenvalue weighted by Gasteiger charge is -2.21. The van der Waals surface area contributed by atoms with Crippen LogP contribution < -0.4 is 16.6 Å². The highest BCUT2D eigenvalue weighted by molar-refractivity contribution is 5.76. The van der Waals surface area contributed by atoms with Gasteiger partial charge in [0.2, 0.25) is 0 Å². The SMILES string of the molecule is O=C(NCn1c(=O)[nH]c2ccccc2c1=O)OC1CCCCC1. The first kappa shape index (κ1) is 15.3. The number of carbonyl (C=O) groups is 1. The molecule has 0 atom stereocenters. The Balaban J connectivity index is 1.70. The van der Waals surface area contributed by atoms with Crippen LogP contribution in [-0.4, -0.2) is 21.7 Å². The minimum Gasteiger partial charge on any atom is -0.446 e. The molecule has 1 aromatic heterocycles. The molecule has 122 valence electrons. The number of nitrogens with zero attached hydrogens (tertiary/aromatic N) is 1. The first-order chi connectivity index (χ1) is 11.1. The summed E-state index contributed by atoms with van der Waals surface area (Å²) in [7, 11) is 0. The van der Waals surface area contributed by atoms with Crippen LogP contribution >= 0.6 is 0 Å². The number of para-hydroxylation sites is 1. The van der Waals surface area contributed by atoms with Crippen molar-refractivity contribution >= 4 is 17.0 Å². The second-order valence-electron chi connectivity index (χ2n) is 5.71. The van der Waals surface area contributed by atoms with Gasteiger partial charge in [-0.3, -0.25) is 4.79 Å². The van der Waals surface area contributed by atoms with Crippen LogP contribution in [0.4, 0.5) is 4.79 Å². The molecule has 2 N–H and O–H groups in total. The van der Waals surface area contributed by atoms with Crippen LogP contribution in [0, 0.1) is 0 Å². The Morgan fingerprint density at radius 3 is 2.74 bits per heavy atom. The van der Waals surface area contributed by atoms with E-state index in [1.165, 1.54) is 6.42 Å². The second kappa shape index (κ2) is 6.68.